The Hall–Kier alpha value is -2.42. The Labute approximate surface area is 185 Å². The van der Waals surface area contributed by atoms with E-state index in [0.717, 1.165) is 31.7 Å². The minimum atomic E-state index is -0.0996. The molecule has 0 aliphatic carbocycles. The Bertz CT molecular complexity index is 1140. The fourth-order valence-corrected chi connectivity index (χ4v) is 4.99. The van der Waals surface area contributed by atoms with Crippen LogP contribution in [0.5, 0.6) is 0 Å². The van der Waals surface area contributed by atoms with Gasteiger partial charge in [0.25, 0.3) is 5.91 Å². The molecule has 2 heterocycles. The number of aryl methyl sites for hydroxylation is 1. The van der Waals surface area contributed by atoms with E-state index in [4.69, 9.17) is 0 Å². The Morgan fingerprint density at radius 3 is 2.66 bits per heavy atom. The number of hydrogen-bond acceptors (Lipinski definition) is 5. The van der Waals surface area contributed by atoms with Crippen LogP contribution in [0.1, 0.15) is 20.8 Å². The van der Waals surface area contributed by atoms with Crippen molar-refractivity contribution in [1.29, 1.82) is 0 Å². The van der Waals surface area contributed by atoms with Gasteiger partial charge in [-0.2, -0.15) is 4.98 Å². The quantitative estimate of drug-likeness (QED) is 0.372. The molecule has 8 heteroatoms. The van der Waals surface area contributed by atoms with Crippen LogP contribution in [0.4, 0.5) is 5.69 Å². The van der Waals surface area contributed by atoms with Crippen molar-refractivity contribution in [3.63, 3.8) is 0 Å². The van der Waals surface area contributed by atoms with Gasteiger partial charge in [-0.15, -0.1) is 16.4 Å². The van der Waals surface area contributed by atoms with Gasteiger partial charge in [-0.05, 0) is 69.3 Å². The summed E-state index contributed by atoms with van der Waals surface area (Å²) in [6, 6.07) is 19.8. The van der Waals surface area contributed by atoms with Crippen molar-refractivity contribution < 1.29 is 4.79 Å². The Balaban J connectivity index is 1.58. The van der Waals surface area contributed by atoms with Gasteiger partial charge in [0.1, 0.15) is 0 Å². The predicted molar refractivity (Wildman–Crippen MR) is 121 cm³/mol. The maximum absolute atomic E-state index is 12.7. The van der Waals surface area contributed by atoms with Crippen LogP contribution in [0.2, 0.25) is 0 Å². The predicted octanol–water partition coefficient (Wildman–Crippen LogP) is 5.86. The van der Waals surface area contributed by atoms with Gasteiger partial charge in [-0.25, -0.2) is 4.68 Å². The van der Waals surface area contributed by atoms with Crippen LogP contribution < -0.4 is 5.32 Å². The normalized spacial score (nSPS) is 10.8. The van der Waals surface area contributed by atoms with Crippen molar-refractivity contribution >= 4 is 50.6 Å². The molecule has 0 radical (unpaired) electrons. The number of nitrogens with one attached hydrogen (secondary N) is 1. The molecule has 0 saturated heterocycles. The average Bonchev–Trinajstić information content (AvgIpc) is 3.29. The van der Waals surface area contributed by atoms with Crippen LogP contribution >= 0.6 is 39.0 Å². The number of amides is 1. The minimum Gasteiger partial charge on any atom is -0.320 e. The molecule has 1 N–H and O–H groups in total. The third-order valence-electron chi connectivity index (χ3n) is 4.19. The van der Waals surface area contributed by atoms with Crippen LogP contribution in [-0.2, 0) is 6.54 Å². The third-order valence-corrected chi connectivity index (χ3v) is 6.60. The topological polar surface area (TPSA) is 59.8 Å². The summed E-state index contributed by atoms with van der Waals surface area (Å²) in [4.78, 5) is 18.8. The SMILES string of the molecule is Cc1ccsc1C(=O)Nc1ccccc1Sc1nc(Br)nn1Cc1ccccc1. The third kappa shape index (κ3) is 4.77. The maximum atomic E-state index is 12.7. The number of aromatic nitrogens is 3. The van der Waals surface area contributed by atoms with Gasteiger partial charge in [0.2, 0.25) is 4.73 Å². The van der Waals surface area contributed by atoms with Gasteiger partial charge in [-0.1, -0.05) is 42.5 Å². The number of carbonyl (C=O) groups excluding carboxylic acids is 1. The smallest absolute Gasteiger partial charge is 0.266 e. The highest BCUT2D eigenvalue weighted by molar-refractivity contribution is 9.10. The Morgan fingerprint density at radius 2 is 1.90 bits per heavy atom. The molecule has 0 spiro atoms. The molecule has 0 aliphatic rings. The number of thiophene rings is 1. The molecule has 0 unspecified atom stereocenters. The molecule has 2 aromatic heterocycles. The van der Waals surface area contributed by atoms with Crippen LogP contribution in [0.25, 0.3) is 0 Å². The van der Waals surface area contributed by atoms with Gasteiger partial charge in [0.15, 0.2) is 5.16 Å². The zero-order valence-corrected chi connectivity index (χ0v) is 18.7. The number of nitrogens with zero attached hydrogens (tertiary/aromatic N) is 3. The first kappa shape index (κ1) is 19.9. The number of halogens is 1. The second-order valence-electron chi connectivity index (χ2n) is 6.29. The number of para-hydroxylation sites is 1. The number of rotatable bonds is 6. The second-order valence-corrected chi connectivity index (χ2v) is 8.93. The summed E-state index contributed by atoms with van der Waals surface area (Å²) in [6.45, 7) is 2.56. The van der Waals surface area contributed by atoms with Crippen molar-refractivity contribution in [2.45, 2.75) is 23.5 Å². The molecule has 2 aromatic carbocycles. The molecule has 5 nitrogen and oxygen atoms in total. The van der Waals surface area contributed by atoms with E-state index in [9.17, 15) is 4.79 Å². The molecule has 4 rings (SSSR count). The summed E-state index contributed by atoms with van der Waals surface area (Å²) in [5.41, 5.74) is 2.87. The van der Waals surface area contributed by atoms with Crippen molar-refractivity contribution in [3.05, 3.63) is 86.8 Å². The molecule has 29 heavy (non-hydrogen) atoms. The fourth-order valence-electron chi connectivity index (χ4n) is 2.78. The first-order chi connectivity index (χ1) is 14.1. The van der Waals surface area contributed by atoms with Crippen LogP contribution in [0.15, 0.2) is 80.8 Å². The lowest BCUT2D eigenvalue weighted by molar-refractivity contribution is 0.103. The number of anilines is 1. The molecule has 0 bridgehead atoms. The second kappa shape index (κ2) is 8.94. The Morgan fingerprint density at radius 1 is 1.14 bits per heavy atom. The highest BCUT2D eigenvalue weighted by atomic mass is 79.9. The monoisotopic (exact) mass is 484 g/mol. The first-order valence-electron chi connectivity index (χ1n) is 8.87. The van der Waals surface area contributed by atoms with Crippen molar-refractivity contribution in [2.75, 3.05) is 5.32 Å². The van der Waals surface area contributed by atoms with Crippen LogP contribution in [-0.4, -0.2) is 20.7 Å². The lowest BCUT2D eigenvalue weighted by atomic mass is 10.2. The standard InChI is InChI=1S/C21H17BrN4OS2/c1-14-11-12-28-18(14)19(27)23-16-9-5-6-10-17(16)29-21-24-20(22)25-26(21)13-15-7-3-2-4-8-15/h2-12H,13H2,1H3,(H,23,27). The van der Waals surface area contributed by atoms with E-state index in [0.29, 0.717) is 11.3 Å². The van der Waals surface area contributed by atoms with Crippen molar-refractivity contribution in [3.8, 4) is 0 Å². The number of benzene rings is 2. The molecule has 0 saturated carbocycles. The van der Waals surface area contributed by atoms with Gasteiger partial charge >= 0.3 is 0 Å². The zero-order valence-electron chi connectivity index (χ0n) is 15.5. The maximum Gasteiger partial charge on any atom is 0.266 e. The van der Waals surface area contributed by atoms with Crippen molar-refractivity contribution in [1.82, 2.24) is 14.8 Å². The van der Waals surface area contributed by atoms with Gasteiger partial charge < -0.3 is 5.32 Å². The molecule has 0 atom stereocenters. The van der Waals surface area contributed by atoms with Gasteiger partial charge in [-0.3, -0.25) is 4.79 Å². The van der Waals surface area contributed by atoms with E-state index in [1.165, 1.54) is 23.1 Å². The number of hydrogen-bond donors (Lipinski definition) is 1. The molecular formula is C21H17BrN4OS2. The summed E-state index contributed by atoms with van der Waals surface area (Å²) in [5.74, 6) is -0.0996. The Kier molecular flexibility index (Phi) is 6.13. The van der Waals surface area contributed by atoms with Gasteiger partial charge in [0.05, 0.1) is 17.1 Å². The minimum absolute atomic E-state index is 0.0996. The first-order valence-corrected chi connectivity index (χ1v) is 11.4. The van der Waals surface area contributed by atoms with E-state index >= 15 is 0 Å². The van der Waals surface area contributed by atoms with Gasteiger partial charge in [0, 0.05) is 4.90 Å². The molecule has 146 valence electrons. The highest BCUT2D eigenvalue weighted by Gasteiger charge is 2.16. The fraction of sp³-hybridized carbons (Fsp3) is 0.0952. The van der Waals surface area contributed by atoms with E-state index in [1.807, 2.05) is 65.5 Å². The average molecular weight is 485 g/mol. The summed E-state index contributed by atoms with van der Waals surface area (Å²) < 4.78 is 2.39. The van der Waals surface area contributed by atoms with Crippen molar-refractivity contribution in [2.24, 2.45) is 0 Å². The molecule has 0 fully saturated rings. The van der Waals surface area contributed by atoms with E-state index < -0.39 is 0 Å². The van der Waals surface area contributed by atoms with Crippen LogP contribution in [0.3, 0.4) is 0 Å². The lowest BCUT2D eigenvalue weighted by Crippen LogP contribution is -2.12. The van der Waals surface area contributed by atoms with Crippen LogP contribution in [0, 0.1) is 6.92 Å². The summed E-state index contributed by atoms with van der Waals surface area (Å²) in [6.07, 6.45) is 0. The largest absolute Gasteiger partial charge is 0.320 e. The summed E-state index contributed by atoms with van der Waals surface area (Å²) >= 11 is 6.29. The molecule has 0 aliphatic heterocycles. The zero-order chi connectivity index (χ0) is 20.2. The number of carbonyl (C=O) groups is 1. The summed E-state index contributed by atoms with van der Waals surface area (Å²) in [5, 5.41) is 10.2. The van der Waals surface area contributed by atoms with E-state index in [1.54, 1.807) is 0 Å². The van der Waals surface area contributed by atoms with E-state index in [-0.39, 0.29) is 5.91 Å². The summed E-state index contributed by atoms with van der Waals surface area (Å²) in [7, 11) is 0. The van der Waals surface area contributed by atoms with E-state index in [2.05, 4.69) is 43.5 Å². The molecule has 1 amide bonds. The molecule has 4 aromatic rings. The lowest BCUT2D eigenvalue weighted by Gasteiger charge is -2.11. The highest BCUT2D eigenvalue weighted by Crippen LogP contribution is 2.34. The molecular weight excluding hydrogens is 468 g/mol.